The summed E-state index contributed by atoms with van der Waals surface area (Å²) in [5, 5.41) is 2.22. The fraction of sp³-hybridized carbons (Fsp3) is 0.333. The van der Waals surface area contributed by atoms with Crippen molar-refractivity contribution in [3.63, 3.8) is 0 Å². The molecule has 0 unspecified atom stereocenters. The molecule has 25 heavy (non-hydrogen) atoms. The van der Waals surface area contributed by atoms with Crippen LogP contribution in [0.2, 0.25) is 0 Å². The quantitative estimate of drug-likeness (QED) is 0.394. The number of rotatable bonds is 8. The van der Waals surface area contributed by atoms with Gasteiger partial charge in [0.15, 0.2) is 0 Å². The first-order chi connectivity index (χ1) is 11.7. The lowest BCUT2D eigenvalue weighted by molar-refractivity contribution is 1.31. The second-order valence-electron chi connectivity index (χ2n) is 6.29. The van der Waals surface area contributed by atoms with E-state index in [-0.39, 0.29) is 0 Å². The minimum Gasteiger partial charge on any atom is -0.0991 e. The first kappa shape index (κ1) is 23.3. The van der Waals surface area contributed by atoms with Gasteiger partial charge in [-0.2, -0.15) is 0 Å². The van der Waals surface area contributed by atoms with Crippen LogP contribution in [-0.4, -0.2) is 0 Å². The molecule has 0 rings (SSSR count). The van der Waals surface area contributed by atoms with Crippen LogP contribution in [0.5, 0.6) is 0 Å². The van der Waals surface area contributed by atoms with Gasteiger partial charge in [0, 0.05) is 4.91 Å². The summed E-state index contributed by atoms with van der Waals surface area (Å²) in [7, 11) is 0. The molecule has 0 aromatic rings. The molecule has 0 bridgehead atoms. The van der Waals surface area contributed by atoms with Crippen molar-refractivity contribution >= 4 is 11.8 Å². The standard InChI is InChI=1S/C24H34S/c1-10-13-21(7)22(8)16-19(5)14-20(6)17-25-24(12-3)23(9)15-18(4)11-2/h10-17H,1H2,2-9H3/b18-11-,19-14-,20-17+,21-13+,22-16-,23-15-,24-12?. The highest BCUT2D eigenvalue weighted by Gasteiger charge is 1.99. The second kappa shape index (κ2) is 12.6. The smallest absolute Gasteiger partial charge is 0.0103 e. The zero-order valence-corrected chi connectivity index (χ0v) is 18.1. The number of allylic oxidation sites excluding steroid dienone is 13. The predicted octanol–water partition coefficient (Wildman–Crippen LogP) is 8.46. The molecule has 0 aromatic heterocycles. The molecule has 1 heteroatoms. The van der Waals surface area contributed by atoms with E-state index in [9.17, 15) is 0 Å². The van der Waals surface area contributed by atoms with Gasteiger partial charge in [-0.15, -0.1) is 0 Å². The molecule has 136 valence electrons. The van der Waals surface area contributed by atoms with Gasteiger partial charge < -0.3 is 0 Å². The average Bonchev–Trinajstić information content (AvgIpc) is 2.55. The molecule has 0 aliphatic carbocycles. The van der Waals surface area contributed by atoms with Gasteiger partial charge in [-0.1, -0.05) is 72.0 Å². The monoisotopic (exact) mass is 354 g/mol. The topological polar surface area (TPSA) is 0 Å². The lowest BCUT2D eigenvalue weighted by Crippen LogP contribution is -1.82. The van der Waals surface area contributed by atoms with Gasteiger partial charge in [-0.3, -0.25) is 0 Å². The maximum absolute atomic E-state index is 3.75. The van der Waals surface area contributed by atoms with Crippen LogP contribution in [0.15, 0.2) is 92.9 Å². The second-order valence-corrected chi connectivity index (χ2v) is 7.21. The zero-order valence-electron chi connectivity index (χ0n) is 17.2. The summed E-state index contributed by atoms with van der Waals surface area (Å²) in [4.78, 5) is 1.29. The van der Waals surface area contributed by atoms with Crippen molar-refractivity contribution in [2.24, 2.45) is 0 Å². The number of hydrogen-bond acceptors (Lipinski definition) is 1. The van der Waals surface area contributed by atoms with Crippen LogP contribution in [0.1, 0.15) is 55.4 Å². The molecule has 0 aliphatic heterocycles. The average molecular weight is 355 g/mol. The van der Waals surface area contributed by atoms with Crippen molar-refractivity contribution in [3.8, 4) is 0 Å². The molecule has 0 atom stereocenters. The summed E-state index contributed by atoms with van der Waals surface area (Å²) < 4.78 is 0. The number of hydrogen-bond donors (Lipinski definition) is 0. The van der Waals surface area contributed by atoms with E-state index in [4.69, 9.17) is 0 Å². The van der Waals surface area contributed by atoms with Crippen molar-refractivity contribution in [2.45, 2.75) is 55.4 Å². The molecule has 0 saturated heterocycles. The zero-order chi connectivity index (χ0) is 19.4. The summed E-state index contributed by atoms with van der Waals surface area (Å²) in [6, 6.07) is 0. The SMILES string of the molecule is C=C/C=C(C)/C(C)=C\C(C)=C/C(C)=C/SC(=CC)/C(C)=C\C(C)=C/C. The summed E-state index contributed by atoms with van der Waals surface area (Å²) in [5.41, 5.74) is 7.61. The van der Waals surface area contributed by atoms with E-state index < -0.39 is 0 Å². The van der Waals surface area contributed by atoms with Crippen LogP contribution in [0.3, 0.4) is 0 Å². The van der Waals surface area contributed by atoms with Gasteiger partial charge in [-0.25, -0.2) is 0 Å². The van der Waals surface area contributed by atoms with Crippen molar-refractivity contribution in [2.75, 3.05) is 0 Å². The predicted molar refractivity (Wildman–Crippen MR) is 120 cm³/mol. The third-order valence-electron chi connectivity index (χ3n) is 3.81. The van der Waals surface area contributed by atoms with Crippen molar-refractivity contribution in [1.29, 1.82) is 0 Å². The molecule has 0 saturated carbocycles. The molecule has 0 spiro atoms. The Labute approximate surface area is 160 Å². The van der Waals surface area contributed by atoms with E-state index in [0.29, 0.717) is 0 Å². The van der Waals surface area contributed by atoms with Crippen molar-refractivity contribution < 1.29 is 0 Å². The maximum Gasteiger partial charge on any atom is 0.0103 e. The fourth-order valence-corrected chi connectivity index (χ4v) is 3.00. The number of thioether (sulfide) groups is 1. The molecular weight excluding hydrogens is 320 g/mol. The van der Waals surface area contributed by atoms with E-state index in [1.54, 1.807) is 11.8 Å². The highest BCUT2D eigenvalue weighted by Crippen LogP contribution is 2.27. The van der Waals surface area contributed by atoms with Crippen LogP contribution < -0.4 is 0 Å². The first-order valence-electron chi connectivity index (χ1n) is 8.72. The normalized spacial score (nSPS) is 16.4. The van der Waals surface area contributed by atoms with Crippen LogP contribution in [-0.2, 0) is 0 Å². The molecular formula is C24H34S. The maximum atomic E-state index is 3.75. The Morgan fingerprint density at radius 3 is 1.80 bits per heavy atom. The largest absolute Gasteiger partial charge is 0.0991 e. The Kier molecular flexibility index (Phi) is 11.7. The minimum absolute atomic E-state index is 1.25. The molecule has 0 radical (unpaired) electrons. The third-order valence-corrected chi connectivity index (χ3v) is 5.11. The van der Waals surface area contributed by atoms with Gasteiger partial charge in [0.25, 0.3) is 0 Å². The van der Waals surface area contributed by atoms with Crippen LogP contribution in [0.4, 0.5) is 0 Å². The first-order valence-corrected chi connectivity index (χ1v) is 9.60. The molecule has 0 N–H and O–H groups in total. The van der Waals surface area contributed by atoms with Crippen molar-refractivity contribution in [1.82, 2.24) is 0 Å². The summed E-state index contributed by atoms with van der Waals surface area (Å²) in [6.45, 7) is 20.8. The molecule has 0 aromatic carbocycles. The molecule has 0 nitrogen and oxygen atoms in total. The summed E-state index contributed by atoms with van der Waals surface area (Å²) >= 11 is 1.78. The van der Waals surface area contributed by atoms with Gasteiger partial charge in [0.2, 0.25) is 0 Å². The molecule has 0 heterocycles. The van der Waals surface area contributed by atoms with Crippen LogP contribution >= 0.6 is 11.8 Å². The highest BCUT2D eigenvalue weighted by molar-refractivity contribution is 8.06. The Morgan fingerprint density at radius 2 is 1.28 bits per heavy atom. The Hall–Kier alpha value is -1.73. The summed E-state index contributed by atoms with van der Waals surface area (Å²) in [6.07, 6.45) is 14.8. The van der Waals surface area contributed by atoms with Gasteiger partial charge in [0.1, 0.15) is 0 Å². The van der Waals surface area contributed by atoms with Gasteiger partial charge in [0.05, 0.1) is 0 Å². The van der Waals surface area contributed by atoms with Gasteiger partial charge >= 0.3 is 0 Å². The minimum atomic E-state index is 1.25. The van der Waals surface area contributed by atoms with E-state index in [1.807, 2.05) is 12.2 Å². The molecule has 0 aliphatic rings. The fourth-order valence-electron chi connectivity index (χ4n) is 2.24. The van der Waals surface area contributed by atoms with E-state index in [2.05, 4.69) is 97.8 Å². The Bertz CT molecular complexity index is 671. The molecule has 0 fully saturated rings. The van der Waals surface area contributed by atoms with E-state index in [1.165, 1.54) is 38.3 Å². The van der Waals surface area contributed by atoms with Gasteiger partial charge in [-0.05, 0) is 83.1 Å². The summed E-state index contributed by atoms with van der Waals surface area (Å²) in [5.74, 6) is 0. The highest BCUT2D eigenvalue weighted by atomic mass is 32.2. The third kappa shape index (κ3) is 9.99. The Morgan fingerprint density at radius 1 is 0.680 bits per heavy atom. The Balaban J connectivity index is 5.20. The van der Waals surface area contributed by atoms with E-state index in [0.717, 1.165) is 0 Å². The lowest BCUT2D eigenvalue weighted by Gasteiger charge is -2.06. The van der Waals surface area contributed by atoms with E-state index >= 15 is 0 Å². The molecule has 0 amide bonds. The van der Waals surface area contributed by atoms with Crippen LogP contribution in [0.25, 0.3) is 0 Å². The lowest BCUT2D eigenvalue weighted by atomic mass is 10.1. The van der Waals surface area contributed by atoms with Crippen LogP contribution in [0, 0.1) is 0 Å². The van der Waals surface area contributed by atoms with Crippen molar-refractivity contribution in [3.05, 3.63) is 92.9 Å².